The zero-order valence-corrected chi connectivity index (χ0v) is 10.8. The van der Waals surface area contributed by atoms with E-state index in [2.05, 4.69) is 26.2 Å². The van der Waals surface area contributed by atoms with Crippen molar-refractivity contribution >= 4 is 33.3 Å². The molecule has 1 rings (SSSR count). The summed E-state index contributed by atoms with van der Waals surface area (Å²) in [7, 11) is 1.61. The summed E-state index contributed by atoms with van der Waals surface area (Å²) in [5.74, 6) is -0.152. The molecule has 1 aliphatic rings. The van der Waals surface area contributed by atoms with Crippen LogP contribution in [0.2, 0.25) is 0 Å². The second-order valence-corrected chi connectivity index (χ2v) is 4.46. The number of alkyl halides is 1. The Bertz CT molecular complexity index is 340. The van der Waals surface area contributed by atoms with Crippen LogP contribution in [0.25, 0.3) is 0 Å². The minimum absolute atomic E-state index is 0.152. The molecule has 15 heavy (non-hydrogen) atoms. The molecule has 0 saturated heterocycles. The van der Waals surface area contributed by atoms with E-state index in [0.717, 1.165) is 0 Å². The van der Waals surface area contributed by atoms with Gasteiger partial charge in [-0.15, -0.1) is 0 Å². The first-order valence-corrected chi connectivity index (χ1v) is 5.43. The molecular formula is C9H14BrN3O2. The molecule has 1 amide bonds. The summed E-state index contributed by atoms with van der Waals surface area (Å²) in [6, 6.07) is 0. The van der Waals surface area contributed by atoms with Crippen LogP contribution in [-0.2, 0) is 9.63 Å². The molecule has 0 spiro atoms. The van der Waals surface area contributed by atoms with Crippen molar-refractivity contribution in [3.8, 4) is 0 Å². The van der Waals surface area contributed by atoms with Gasteiger partial charge in [0.2, 0.25) is 0 Å². The van der Waals surface area contributed by atoms with Crippen molar-refractivity contribution in [1.82, 2.24) is 5.01 Å². The quantitative estimate of drug-likeness (QED) is 0.444. The normalized spacial score (nSPS) is 27.0. The van der Waals surface area contributed by atoms with Crippen molar-refractivity contribution in [3.63, 3.8) is 0 Å². The van der Waals surface area contributed by atoms with Gasteiger partial charge in [0.05, 0.1) is 11.4 Å². The number of amides is 1. The number of rotatable bonds is 3. The van der Waals surface area contributed by atoms with Crippen molar-refractivity contribution in [2.45, 2.75) is 25.1 Å². The van der Waals surface area contributed by atoms with Gasteiger partial charge in [0.1, 0.15) is 6.61 Å². The Hall–Kier alpha value is -0.910. The molecule has 0 fully saturated rings. The first-order chi connectivity index (χ1) is 6.94. The highest BCUT2D eigenvalue weighted by molar-refractivity contribution is 9.11. The average Bonchev–Trinajstić information content (AvgIpc) is 2.40. The topological polar surface area (TPSA) is 54.3 Å². The molecule has 84 valence electrons. The minimum atomic E-state index is -0.934. The van der Waals surface area contributed by atoms with Crippen LogP contribution in [0.1, 0.15) is 20.8 Å². The SMILES string of the molecule is CCO/N=C(/C)C1(Br)C(=O)N(C)N=C1C. The van der Waals surface area contributed by atoms with Gasteiger partial charge in [-0.25, -0.2) is 5.01 Å². The Morgan fingerprint density at radius 2 is 2.33 bits per heavy atom. The van der Waals surface area contributed by atoms with Crippen LogP contribution in [0.4, 0.5) is 0 Å². The molecule has 1 unspecified atom stereocenters. The van der Waals surface area contributed by atoms with Gasteiger partial charge in [0.15, 0.2) is 4.32 Å². The van der Waals surface area contributed by atoms with E-state index >= 15 is 0 Å². The van der Waals surface area contributed by atoms with E-state index in [1.807, 2.05) is 6.92 Å². The zero-order chi connectivity index (χ0) is 11.6. The van der Waals surface area contributed by atoms with Crippen molar-refractivity contribution in [1.29, 1.82) is 0 Å². The van der Waals surface area contributed by atoms with Gasteiger partial charge in [-0.1, -0.05) is 21.1 Å². The van der Waals surface area contributed by atoms with Crippen molar-refractivity contribution in [2.24, 2.45) is 10.3 Å². The highest BCUT2D eigenvalue weighted by atomic mass is 79.9. The van der Waals surface area contributed by atoms with E-state index in [1.54, 1.807) is 20.9 Å². The lowest BCUT2D eigenvalue weighted by molar-refractivity contribution is -0.127. The molecule has 0 aromatic heterocycles. The van der Waals surface area contributed by atoms with E-state index in [1.165, 1.54) is 5.01 Å². The fourth-order valence-corrected chi connectivity index (χ4v) is 1.77. The van der Waals surface area contributed by atoms with Crippen molar-refractivity contribution in [2.75, 3.05) is 13.7 Å². The molecule has 1 atom stereocenters. The van der Waals surface area contributed by atoms with Crippen molar-refractivity contribution in [3.05, 3.63) is 0 Å². The van der Waals surface area contributed by atoms with Gasteiger partial charge in [-0.3, -0.25) is 4.79 Å². The monoisotopic (exact) mass is 275 g/mol. The number of carbonyl (C=O) groups excluding carboxylic acids is 1. The van der Waals surface area contributed by atoms with Crippen LogP contribution >= 0.6 is 15.9 Å². The molecule has 0 N–H and O–H groups in total. The van der Waals surface area contributed by atoms with E-state index in [9.17, 15) is 4.79 Å². The molecule has 1 aliphatic heterocycles. The maximum absolute atomic E-state index is 11.9. The number of hydrogen-bond donors (Lipinski definition) is 0. The highest BCUT2D eigenvalue weighted by Crippen LogP contribution is 2.30. The van der Waals surface area contributed by atoms with Crippen LogP contribution in [0.3, 0.4) is 0 Å². The van der Waals surface area contributed by atoms with Gasteiger partial charge in [0.25, 0.3) is 5.91 Å². The average molecular weight is 276 g/mol. The van der Waals surface area contributed by atoms with Gasteiger partial charge in [-0.2, -0.15) is 5.10 Å². The lowest BCUT2D eigenvalue weighted by Crippen LogP contribution is -2.45. The Morgan fingerprint density at radius 1 is 1.73 bits per heavy atom. The van der Waals surface area contributed by atoms with Crippen LogP contribution in [0.5, 0.6) is 0 Å². The number of halogens is 1. The summed E-state index contributed by atoms with van der Waals surface area (Å²) in [6.45, 7) is 5.82. The van der Waals surface area contributed by atoms with Gasteiger partial charge >= 0.3 is 0 Å². The Kier molecular flexibility index (Phi) is 3.49. The zero-order valence-electron chi connectivity index (χ0n) is 9.24. The maximum atomic E-state index is 11.9. The lowest BCUT2D eigenvalue weighted by Gasteiger charge is -2.19. The Labute approximate surface area is 97.3 Å². The van der Waals surface area contributed by atoms with Crippen LogP contribution in [0, 0.1) is 0 Å². The number of hydrogen-bond acceptors (Lipinski definition) is 4. The largest absolute Gasteiger partial charge is 0.396 e. The second-order valence-electron chi connectivity index (χ2n) is 3.27. The van der Waals surface area contributed by atoms with Crippen molar-refractivity contribution < 1.29 is 9.63 Å². The third-order valence-electron chi connectivity index (χ3n) is 2.22. The van der Waals surface area contributed by atoms with E-state index in [-0.39, 0.29) is 5.91 Å². The Morgan fingerprint density at radius 3 is 2.73 bits per heavy atom. The highest BCUT2D eigenvalue weighted by Gasteiger charge is 2.49. The maximum Gasteiger partial charge on any atom is 0.271 e. The first-order valence-electron chi connectivity index (χ1n) is 4.64. The Balaban J connectivity index is 3.02. The van der Waals surface area contributed by atoms with Crippen LogP contribution < -0.4 is 0 Å². The molecule has 1 heterocycles. The summed E-state index contributed by atoms with van der Waals surface area (Å²) in [5, 5.41) is 9.24. The second kappa shape index (κ2) is 4.30. The standard InChI is InChI=1S/C9H14BrN3O2/c1-5-15-12-7(3)9(10)6(2)11-13(4)8(9)14/h5H2,1-4H3/b12-7-. The molecule has 0 aromatic carbocycles. The number of hydrazone groups is 1. The van der Waals surface area contributed by atoms with Crippen LogP contribution in [-0.4, -0.2) is 40.3 Å². The van der Waals surface area contributed by atoms with Gasteiger partial charge < -0.3 is 4.84 Å². The lowest BCUT2D eigenvalue weighted by atomic mass is 9.99. The number of oxime groups is 1. The van der Waals surface area contributed by atoms with Gasteiger partial charge in [-0.05, 0) is 20.8 Å². The smallest absolute Gasteiger partial charge is 0.271 e. The molecule has 0 radical (unpaired) electrons. The molecule has 0 saturated carbocycles. The summed E-state index contributed by atoms with van der Waals surface area (Å²) < 4.78 is -0.934. The van der Waals surface area contributed by atoms with E-state index in [4.69, 9.17) is 4.84 Å². The predicted molar refractivity (Wildman–Crippen MR) is 62.3 cm³/mol. The fraction of sp³-hybridized carbons (Fsp3) is 0.667. The van der Waals surface area contributed by atoms with Gasteiger partial charge in [0, 0.05) is 7.05 Å². The molecule has 6 heteroatoms. The predicted octanol–water partition coefficient (Wildman–Crippen LogP) is 1.38. The number of nitrogens with zero attached hydrogens (tertiary/aromatic N) is 3. The first kappa shape index (κ1) is 12.2. The summed E-state index contributed by atoms with van der Waals surface area (Å²) in [4.78, 5) is 16.8. The molecule has 0 aliphatic carbocycles. The molecular weight excluding hydrogens is 262 g/mol. The molecule has 5 nitrogen and oxygen atoms in total. The molecule has 0 aromatic rings. The summed E-state index contributed by atoms with van der Waals surface area (Å²) in [6.07, 6.45) is 0. The summed E-state index contributed by atoms with van der Waals surface area (Å²) in [5.41, 5.74) is 1.22. The summed E-state index contributed by atoms with van der Waals surface area (Å²) >= 11 is 3.38. The van der Waals surface area contributed by atoms with E-state index < -0.39 is 4.32 Å². The third-order valence-corrected chi connectivity index (χ3v) is 3.70. The van der Waals surface area contributed by atoms with Crippen LogP contribution in [0.15, 0.2) is 10.3 Å². The number of carbonyl (C=O) groups is 1. The fourth-order valence-electron chi connectivity index (χ4n) is 1.36. The minimum Gasteiger partial charge on any atom is -0.396 e. The molecule has 0 bridgehead atoms. The van der Waals surface area contributed by atoms with E-state index in [0.29, 0.717) is 18.0 Å². The third kappa shape index (κ3) is 1.90.